The van der Waals surface area contributed by atoms with Crippen molar-refractivity contribution in [3.05, 3.63) is 29.8 Å². The fourth-order valence-corrected chi connectivity index (χ4v) is 1.41. The van der Waals surface area contributed by atoms with Gasteiger partial charge < -0.3 is 15.2 Å². The van der Waals surface area contributed by atoms with Crippen LogP contribution in [0.2, 0.25) is 0 Å². The van der Waals surface area contributed by atoms with E-state index in [4.69, 9.17) is 15.2 Å². The van der Waals surface area contributed by atoms with E-state index in [-0.39, 0.29) is 31.0 Å². The zero-order valence-electron chi connectivity index (χ0n) is 11.2. The van der Waals surface area contributed by atoms with Gasteiger partial charge in [-0.25, -0.2) is 0 Å². The van der Waals surface area contributed by atoms with Gasteiger partial charge in [-0.2, -0.15) is 0 Å². The van der Waals surface area contributed by atoms with Crippen molar-refractivity contribution in [2.45, 2.75) is 32.9 Å². The summed E-state index contributed by atoms with van der Waals surface area (Å²) in [6.45, 7) is 4.22. The molecule has 1 atom stereocenters. The van der Waals surface area contributed by atoms with E-state index >= 15 is 0 Å². The highest BCUT2D eigenvalue weighted by atomic mass is 16.5. The lowest BCUT2D eigenvalue weighted by molar-refractivity contribution is -0.145. The van der Waals surface area contributed by atoms with Crippen LogP contribution in [0.5, 0.6) is 5.75 Å². The molecule has 0 heterocycles. The summed E-state index contributed by atoms with van der Waals surface area (Å²) in [5.74, 6) is 0.760. The summed E-state index contributed by atoms with van der Waals surface area (Å²) >= 11 is 0. The molecule has 0 aromatic heterocycles. The molecule has 1 unspecified atom stereocenters. The maximum atomic E-state index is 11.6. The van der Waals surface area contributed by atoms with Crippen LogP contribution >= 0.6 is 0 Å². The van der Waals surface area contributed by atoms with Crippen LogP contribution in [0.15, 0.2) is 24.3 Å². The normalized spacial score (nSPS) is 12.3. The van der Waals surface area contributed by atoms with Gasteiger partial charge in [0, 0.05) is 6.04 Å². The molecule has 4 heteroatoms. The molecule has 0 aliphatic carbocycles. The third-order valence-corrected chi connectivity index (χ3v) is 2.79. The molecule has 1 aromatic rings. The molecule has 0 aliphatic rings. The molecule has 1 rings (SSSR count). The van der Waals surface area contributed by atoms with Gasteiger partial charge in [0.1, 0.15) is 12.4 Å². The SMILES string of the molecule is COc1cccc(COC(=O)CC(N)C(C)C)c1. The molecule has 0 aliphatic heterocycles. The number of hydrogen-bond acceptors (Lipinski definition) is 4. The van der Waals surface area contributed by atoms with E-state index in [9.17, 15) is 4.79 Å². The fourth-order valence-electron chi connectivity index (χ4n) is 1.41. The molecule has 4 nitrogen and oxygen atoms in total. The summed E-state index contributed by atoms with van der Waals surface area (Å²) in [7, 11) is 1.60. The van der Waals surface area contributed by atoms with Gasteiger partial charge >= 0.3 is 5.97 Å². The maximum absolute atomic E-state index is 11.6. The van der Waals surface area contributed by atoms with Crippen LogP contribution in [0.3, 0.4) is 0 Å². The first kappa shape index (κ1) is 14.5. The van der Waals surface area contributed by atoms with Crippen LogP contribution in [0.1, 0.15) is 25.8 Å². The average molecular weight is 251 g/mol. The van der Waals surface area contributed by atoms with E-state index in [0.717, 1.165) is 11.3 Å². The zero-order chi connectivity index (χ0) is 13.5. The number of nitrogens with two attached hydrogens (primary N) is 1. The fraction of sp³-hybridized carbons (Fsp3) is 0.500. The lowest BCUT2D eigenvalue weighted by Crippen LogP contribution is -2.29. The number of carbonyl (C=O) groups is 1. The van der Waals surface area contributed by atoms with E-state index < -0.39 is 0 Å². The molecule has 0 spiro atoms. The van der Waals surface area contributed by atoms with E-state index in [1.165, 1.54) is 0 Å². The molecule has 18 heavy (non-hydrogen) atoms. The lowest BCUT2D eigenvalue weighted by atomic mass is 10.0. The van der Waals surface area contributed by atoms with Gasteiger partial charge in [0.05, 0.1) is 13.5 Å². The third-order valence-electron chi connectivity index (χ3n) is 2.79. The van der Waals surface area contributed by atoms with Gasteiger partial charge in [-0.1, -0.05) is 26.0 Å². The van der Waals surface area contributed by atoms with E-state index in [1.807, 2.05) is 38.1 Å². The number of carbonyl (C=O) groups excluding carboxylic acids is 1. The van der Waals surface area contributed by atoms with Crippen molar-refractivity contribution in [3.63, 3.8) is 0 Å². The summed E-state index contributed by atoms with van der Waals surface area (Å²) in [5, 5.41) is 0. The van der Waals surface area contributed by atoms with Crippen LogP contribution < -0.4 is 10.5 Å². The van der Waals surface area contributed by atoms with Gasteiger partial charge in [-0.3, -0.25) is 4.79 Å². The Kier molecular flexibility index (Phi) is 5.65. The monoisotopic (exact) mass is 251 g/mol. The van der Waals surface area contributed by atoms with E-state index in [0.29, 0.717) is 0 Å². The Bertz CT molecular complexity index is 390. The smallest absolute Gasteiger partial charge is 0.307 e. The van der Waals surface area contributed by atoms with E-state index in [2.05, 4.69) is 0 Å². The number of rotatable bonds is 6. The minimum Gasteiger partial charge on any atom is -0.497 e. The highest BCUT2D eigenvalue weighted by molar-refractivity contribution is 5.70. The Morgan fingerprint density at radius 2 is 2.11 bits per heavy atom. The minimum absolute atomic E-state index is 0.150. The molecule has 1 aromatic carbocycles. The van der Waals surface area contributed by atoms with Crippen LogP contribution in [-0.2, 0) is 16.1 Å². The van der Waals surface area contributed by atoms with Crippen LogP contribution in [-0.4, -0.2) is 19.1 Å². The van der Waals surface area contributed by atoms with Crippen LogP contribution in [0.25, 0.3) is 0 Å². The number of benzene rings is 1. The number of esters is 1. The van der Waals surface area contributed by atoms with Crippen molar-refractivity contribution in [3.8, 4) is 5.75 Å². The van der Waals surface area contributed by atoms with Gasteiger partial charge in [0.2, 0.25) is 0 Å². The topological polar surface area (TPSA) is 61.5 Å². The molecule has 0 amide bonds. The summed E-state index contributed by atoms with van der Waals surface area (Å²) in [5.41, 5.74) is 6.71. The zero-order valence-corrected chi connectivity index (χ0v) is 11.2. The van der Waals surface area contributed by atoms with Gasteiger partial charge in [0.25, 0.3) is 0 Å². The summed E-state index contributed by atoms with van der Waals surface area (Å²) in [6, 6.07) is 7.29. The second kappa shape index (κ2) is 7.01. The van der Waals surface area contributed by atoms with Gasteiger partial charge in [-0.15, -0.1) is 0 Å². The molecule has 0 saturated heterocycles. The number of methoxy groups -OCH3 is 1. The van der Waals surface area contributed by atoms with Crippen molar-refractivity contribution in [2.75, 3.05) is 7.11 Å². The Labute approximate surface area is 108 Å². The summed E-state index contributed by atoms with van der Waals surface area (Å²) in [4.78, 5) is 11.6. The first-order valence-corrected chi connectivity index (χ1v) is 6.07. The largest absolute Gasteiger partial charge is 0.497 e. The van der Waals surface area contributed by atoms with Crippen molar-refractivity contribution >= 4 is 5.97 Å². The maximum Gasteiger partial charge on any atom is 0.307 e. The molecular weight excluding hydrogens is 230 g/mol. The number of hydrogen-bond donors (Lipinski definition) is 1. The Balaban J connectivity index is 2.42. The molecule has 2 N–H and O–H groups in total. The second-order valence-corrected chi connectivity index (χ2v) is 4.62. The van der Waals surface area contributed by atoms with Crippen molar-refractivity contribution in [1.82, 2.24) is 0 Å². The Morgan fingerprint density at radius 3 is 2.72 bits per heavy atom. The van der Waals surface area contributed by atoms with Crippen LogP contribution in [0, 0.1) is 5.92 Å². The molecule has 0 bridgehead atoms. The quantitative estimate of drug-likeness (QED) is 0.787. The van der Waals surface area contributed by atoms with Gasteiger partial charge in [-0.05, 0) is 23.6 Å². The molecule has 0 radical (unpaired) electrons. The Morgan fingerprint density at radius 1 is 1.39 bits per heavy atom. The van der Waals surface area contributed by atoms with Crippen molar-refractivity contribution < 1.29 is 14.3 Å². The Hall–Kier alpha value is -1.55. The summed E-state index contributed by atoms with van der Waals surface area (Å²) in [6.07, 6.45) is 0.252. The molecule has 0 saturated carbocycles. The second-order valence-electron chi connectivity index (χ2n) is 4.62. The first-order valence-electron chi connectivity index (χ1n) is 6.07. The first-order chi connectivity index (χ1) is 8.52. The van der Waals surface area contributed by atoms with Crippen LogP contribution in [0.4, 0.5) is 0 Å². The van der Waals surface area contributed by atoms with Crippen molar-refractivity contribution in [2.24, 2.45) is 11.7 Å². The highest BCUT2D eigenvalue weighted by Gasteiger charge is 2.14. The standard InChI is InChI=1S/C14H21NO3/c1-10(2)13(15)8-14(16)18-9-11-5-4-6-12(7-11)17-3/h4-7,10,13H,8-9,15H2,1-3H3. The number of ether oxygens (including phenoxy) is 2. The lowest BCUT2D eigenvalue weighted by Gasteiger charge is -2.14. The van der Waals surface area contributed by atoms with Gasteiger partial charge in [0.15, 0.2) is 0 Å². The molecule has 0 fully saturated rings. The third kappa shape index (κ3) is 4.75. The van der Waals surface area contributed by atoms with E-state index in [1.54, 1.807) is 7.11 Å². The predicted octanol–water partition coefficient (Wildman–Crippen LogP) is 2.11. The molecular formula is C14H21NO3. The van der Waals surface area contributed by atoms with Crippen molar-refractivity contribution in [1.29, 1.82) is 0 Å². The summed E-state index contributed by atoms with van der Waals surface area (Å²) < 4.78 is 10.3. The molecule has 100 valence electrons. The highest BCUT2D eigenvalue weighted by Crippen LogP contribution is 2.13. The minimum atomic E-state index is -0.265. The predicted molar refractivity (Wildman–Crippen MR) is 70.2 cm³/mol. The average Bonchev–Trinajstić information content (AvgIpc) is 2.36.